The number of carbonyl (C=O) groups excluding carboxylic acids is 3. The van der Waals surface area contributed by atoms with Gasteiger partial charge in [0.2, 0.25) is 0 Å². The molecule has 170 valence electrons. The van der Waals surface area contributed by atoms with Gasteiger partial charge in [-0.2, -0.15) is 0 Å². The predicted octanol–water partition coefficient (Wildman–Crippen LogP) is 4.18. The maximum absolute atomic E-state index is 13.2. The van der Waals surface area contributed by atoms with Crippen molar-refractivity contribution in [2.24, 2.45) is 0 Å². The van der Waals surface area contributed by atoms with Crippen molar-refractivity contribution in [2.45, 2.75) is 13.0 Å². The minimum Gasteiger partial charge on any atom is -0.370 e. The minimum absolute atomic E-state index is 0.0613. The highest BCUT2D eigenvalue weighted by Crippen LogP contribution is 2.26. The van der Waals surface area contributed by atoms with Gasteiger partial charge in [0.05, 0.1) is 15.8 Å². The molecule has 2 N–H and O–H groups in total. The van der Waals surface area contributed by atoms with Gasteiger partial charge < -0.3 is 20.3 Å². The Morgan fingerprint density at radius 3 is 2.58 bits per heavy atom. The lowest BCUT2D eigenvalue weighted by Crippen LogP contribution is -2.42. The molecule has 0 saturated carbocycles. The Morgan fingerprint density at radius 2 is 1.91 bits per heavy atom. The van der Waals surface area contributed by atoms with Gasteiger partial charge in [-0.15, -0.1) is 11.3 Å². The molecular formula is C24H22ClN3O4S. The van der Waals surface area contributed by atoms with E-state index in [0.717, 1.165) is 22.6 Å². The Balaban J connectivity index is 1.53. The summed E-state index contributed by atoms with van der Waals surface area (Å²) in [5.74, 6) is -0.860. The smallest absolute Gasteiger partial charge is 0.262 e. The van der Waals surface area contributed by atoms with Gasteiger partial charge in [-0.25, -0.2) is 0 Å². The van der Waals surface area contributed by atoms with Crippen LogP contribution in [0.1, 0.15) is 26.8 Å². The van der Waals surface area contributed by atoms with Crippen LogP contribution in [0.4, 0.5) is 11.4 Å². The van der Waals surface area contributed by atoms with Crippen LogP contribution in [-0.2, 0) is 14.3 Å². The molecule has 4 rings (SSSR count). The number of nitrogens with zero attached hydrogens (tertiary/aromatic N) is 1. The molecule has 0 bridgehead atoms. The molecule has 1 fully saturated rings. The number of amides is 3. The molecule has 2 aromatic carbocycles. The summed E-state index contributed by atoms with van der Waals surface area (Å²) < 4.78 is 5.69. The lowest BCUT2D eigenvalue weighted by molar-refractivity contribution is -0.125. The standard InChI is InChI=1S/C24H22ClN3O4S/c1-15-13-17(7-8-18(15)28-11-12-32-14-21(28)29)26-24(31)22(16-5-3-2-4-6-16)27-23(30)19-9-10-20(25)33-19/h2-10,13,22H,11-12,14H2,1H3,(H,26,31)(H,27,30)/t22-/m1/s1. The molecule has 3 amide bonds. The number of rotatable bonds is 6. The third-order valence-corrected chi connectivity index (χ3v) is 6.44. The van der Waals surface area contributed by atoms with E-state index in [-0.39, 0.29) is 24.3 Å². The van der Waals surface area contributed by atoms with E-state index in [1.165, 1.54) is 0 Å². The van der Waals surface area contributed by atoms with Crippen LogP contribution >= 0.6 is 22.9 Å². The molecule has 1 atom stereocenters. The number of halogens is 1. The maximum atomic E-state index is 13.2. The Hall–Kier alpha value is -3.20. The van der Waals surface area contributed by atoms with Gasteiger partial charge in [0.25, 0.3) is 17.7 Å². The molecule has 1 aliphatic rings. The van der Waals surface area contributed by atoms with Crippen molar-refractivity contribution < 1.29 is 19.1 Å². The van der Waals surface area contributed by atoms with E-state index in [1.54, 1.807) is 47.4 Å². The lowest BCUT2D eigenvalue weighted by Gasteiger charge is -2.28. The molecule has 2 heterocycles. The van der Waals surface area contributed by atoms with Gasteiger partial charge in [0.1, 0.15) is 12.6 Å². The summed E-state index contributed by atoms with van der Waals surface area (Å²) in [6.45, 7) is 2.91. The summed E-state index contributed by atoms with van der Waals surface area (Å²) in [4.78, 5) is 40.2. The highest BCUT2D eigenvalue weighted by Gasteiger charge is 2.25. The second kappa shape index (κ2) is 10.2. The molecule has 9 heteroatoms. The Bertz CT molecular complexity index is 1180. The van der Waals surface area contributed by atoms with Gasteiger partial charge in [-0.05, 0) is 48.4 Å². The van der Waals surface area contributed by atoms with E-state index in [4.69, 9.17) is 16.3 Å². The number of aryl methyl sites for hydroxylation is 1. The number of nitrogens with one attached hydrogen (secondary N) is 2. The number of ether oxygens (including phenoxy) is 1. The summed E-state index contributed by atoms with van der Waals surface area (Å²) in [6, 6.07) is 16.7. The molecule has 1 aliphatic heterocycles. The average molecular weight is 484 g/mol. The van der Waals surface area contributed by atoms with Crippen molar-refractivity contribution in [1.82, 2.24) is 5.32 Å². The topological polar surface area (TPSA) is 87.7 Å². The number of anilines is 2. The first-order chi connectivity index (χ1) is 15.9. The van der Waals surface area contributed by atoms with Crippen molar-refractivity contribution in [2.75, 3.05) is 30.0 Å². The van der Waals surface area contributed by atoms with Crippen LogP contribution in [0.25, 0.3) is 0 Å². The quantitative estimate of drug-likeness (QED) is 0.550. The molecule has 0 radical (unpaired) electrons. The van der Waals surface area contributed by atoms with Gasteiger partial charge in [-0.1, -0.05) is 41.9 Å². The van der Waals surface area contributed by atoms with Crippen LogP contribution in [-0.4, -0.2) is 37.5 Å². The van der Waals surface area contributed by atoms with Gasteiger partial charge in [0, 0.05) is 17.9 Å². The van der Waals surface area contributed by atoms with Crippen LogP contribution in [0.15, 0.2) is 60.7 Å². The molecule has 3 aromatic rings. The number of hydrogen-bond donors (Lipinski definition) is 2. The van der Waals surface area contributed by atoms with E-state index in [0.29, 0.717) is 33.6 Å². The zero-order valence-corrected chi connectivity index (χ0v) is 19.4. The summed E-state index contributed by atoms with van der Waals surface area (Å²) in [5.41, 5.74) is 2.84. The van der Waals surface area contributed by atoms with Gasteiger partial charge >= 0.3 is 0 Å². The van der Waals surface area contributed by atoms with Gasteiger partial charge in [-0.3, -0.25) is 14.4 Å². The van der Waals surface area contributed by atoms with E-state index in [1.807, 2.05) is 25.1 Å². The Morgan fingerprint density at radius 1 is 1.12 bits per heavy atom. The fourth-order valence-electron chi connectivity index (χ4n) is 3.61. The Kier molecular flexibility index (Phi) is 7.08. The predicted molar refractivity (Wildman–Crippen MR) is 129 cm³/mol. The van der Waals surface area contributed by atoms with Crippen molar-refractivity contribution in [3.8, 4) is 0 Å². The van der Waals surface area contributed by atoms with Crippen LogP contribution in [0.3, 0.4) is 0 Å². The average Bonchev–Trinajstić information content (AvgIpc) is 3.25. The highest BCUT2D eigenvalue weighted by molar-refractivity contribution is 7.18. The SMILES string of the molecule is Cc1cc(NC(=O)[C@H](NC(=O)c2ccc(Cl)s2)c2ccccc2)ccc1N1CCOCC1=O. The van der Waals surface area contributed by atoms with Gasteiger partial charge in [0.15, 0.2) is 0 Å². The van der Waals surface area contributed by atoms with Crippen molar-refractivity contribution in [1.29, 1.82) is 0 Å². The fourth-order valence-corrected chi connectivity index (χ4v) is 4.55. The summed E-state index contributed by atoms with van der Waals surface area (Å²) in [7, 11) is 0. The molecule has 1 saturated heterocycles. The van der Waals surface area contributed by atoms with Crippen LogP contribution in [0.2, 0.25) is 4.34 Å². The van der Waals surface area contributed by atoms with Crippen LogP contribution < -0.4 is 15.5 Å². The number of benzene rings is 2. The van der Waals surface area contributed by atoms with E-state index in [9.17, 15) is 14.4 Å². The number of carbonyl (C=O) groups is 3. The van der Waals surface area contributed by atoms with E-state index in [2.05, 4.69) is 10.6 Å². The lowest BCUT2D eigenvalue weighted by atomic mass is 10.1. The third kappa shape index (κ3) is 5.42. The van der Waals surface area contributed by atoms with E-state index >= 15 is 0 Å². The summed E-state index contributed by atoms with van der Waals surface area (Å²) >= 11 is 7.09. The molecular weight excluding hydrogens is 462 g/mol. The van der Waals surface area contributed by atoms with Crippen molar-refractivity contribution >= 4 is 52.0 Å². The number of thiophene rings is 1. The second-order valence-electron chi connectivity index (χ2n) is 7.51. The van der Waals surface area contributed by atoms with Crippen molar-refractivity contribution in [3.63, 3.8) is 0 Å². The molecule has 1 aromatic heterocycles. The monoisotopic (exact) mass is 483 g/mol. The first-order valence-electron chi connectivity index (χ1n) is 10.3. The molecule has 7 nitrogen and oxygen atoms in total. The number of morpholine rings is 1. The second-order valence-corrected chi connectivity index (χ2v) is 9.22. The fraction of sp³-hybridized carbons (Fsp3) is 0.208. The molecule has 0 spiro atoms. The van der Waals surface area contributed by atoms with Crippen molar-refractivity contribution in [3.05, 3.63) is 81.0 Å². The van der Waals surface area contributed by atoms with Crippen LogP contribution in [0, 0.1) is 6.92 Å². The molecule has 0 unspecified atom stereocenters. The van der Waals surface area contributed by atoms with E-state index < -0.39 is 6.04 Å². The summed E-state index contributed by atoms with van der Waals surface area (Å²) in [5, 5.41) is 5.68. The maximum Gasteiger partial charge on any atom is 0.262 e. The summed E-state index contributed by atoms with van der Waals surface area (Å²) in [6.07, 6.45) is 0. The first kappa shape index (κ1) is 23.0. The molecule has 33 heavy (non-hydrogen) atoms. The Labute approximate surface area is 200 Å². The normalized spacial score (nSPS) is 14.6. The highest BCUT2D eigenvalue weighted by atomic mass is 35.5. The zero-order chi connectivity index (χ0) is 23.4. The first-order valence-corrected chi connectivity index (χ1v) is 11.5. The van der Waals surface area contributed by atoms with Crippen LogP contribution in [0.5, 0.6) is 0 Å². The number of hydrogen-bond acceptors (Lipinski definition) is 5. The molecule has 0 aliphatic carbocycles. The minimum atomic E-state index is -0.902. The zero-order valence-electron chi connectivity index (χ0n) is 17.8. The largest absolute Gasteiger partial charge is 0.370 e. The third-order valence-electron chi connectivity index (χ3n) is 5.21.